The average Bonchev–Trinajstić information content (AvgIpc) is 1.55. The van der Waals surface area contributed by atoms with Crippen LogP contribution in [-0.2, 0) is 5.41 Å². The summed E-state index contributed by atoms with van der Waals surface area (Å²) in [4.78, 5) is 12.1. The quantitative estimate of drug-likeness (QED) is 0.152. The lowest BCUT2D eigenvalue weighted by atomic mass is 9.81. The fourth-order valence-corrected chi connectivity index (χ4v) is 20.1. The summed E-state index contributed by atoms with van der Waals surface area (Å²) in [7, 11) is 0. The highest BCUT2D eigenvalue weighted by Crippen LogP contribution is 2.51. The summed E-state index contributed by atoms with van der Waals surface area (Å²) >= 11 is 1.87. The van der Waals surface area contributed by atoms with E-state index in [2.05, 4.69) is 382 Å². The highest BCUT2D eigenvalue weighted by molar-refractivity contribution is 7.26. The van der Waals surface area contributed by atoms with Crippen LogP contribution in [0.4, 0.5) is 0 Å². The van der Waals surface area contributed by atoms with E-state index in [4.69, 9.17) is 9.97 Å². The zero-order chi connectivity index (χ0) is 71.5. The van der Waals surface area contributed by atoms with Gasteiger partial charge in [0, 0.05) is 102 Å². The van der Waals surface area contributed by atoms with Crippen molar-refractivity contribution in [3.63, 3.8) is 0 Å². The van der Waals surface area contributed by atoms with Crippen molar-refractivity contribution in [3.8, 4) is 73.3 Å². The summed E-state index contributed by atoms with van der Waals surface area (Å²) < 4.78 is 14.6. The van der Waals surface area contributed by atoms with Gasteiger partial charge in [-0.2, -0.15) is 4.98 Å². The maximum atomic E-state index is 6.19. The smallest absolute Gasteiger partial charge is 0.237 e. The zero-order valence-corrected chi connectivity index (χ0v) is 60.3. The van der Waals surface area contributed by atoms with Gasteiger partial charge < -0.3 is 13.7 Å². The van der Waals surface area contributed by atoms with Crippen LogP contribution in [0.25, 0.3) is 213 Å². The molecule has 7 aromatic heterocycles. The van der Waals surface area contributed by atoms with E-state index in [0.29, 0.717) is 5.95 Å². The monoisotopic (exact) mass is 1410 g/mol. The van der Waals surface area contributed by atoms with Gasteiger partial charge in [0.15, 0.2) is 5.82 Å². The Balaban J connectivity index is 0.766. The molecule has 0 radical (unpaired) electrons. The minimum atomic E-state index is -0.134. The molecule has 1 aliphatic carbocycles. The standard InChI is InChI=1S/C101H63N7S/c1-101(2)83-31-15-9-25-69(83)70-44-37-62(55-84(70)101)65-40-45-74-71-26-10-16-32-86(71)106(93(74)56-65)68-43-49-85-82(59-68)99(107-89-35-19-13-30-79(89)97-92(107)52-48-78-77-29-14-20-36-96(77)109-98(78)97)103-100(102-85)108-94-57-63(60-41-50-90-80(53-60)72-27-11-17-33-87(72)104(90)66-21-5-3-6-22-66)38-46-75(94)76-47-39-64(58-95(76)108)61-42-51-91-81(54-61)73-28-12-18-34-88(73)105(91)67-23-7-4-8-24-67/h3-59H,1-2H3. The first-order valence-corrected chi connectivity index (χ1v) is 38.3. The predicted octanol–water partition coefficient (Wildman–Crippen LogP) is 26.8. The van der Waals surface area contributed by atoms with Crippen molar-refractivity contribution in [1.82, 2.24) is 32.8 Å². The molecule has 7 heterocycles. The molecule has 0 N–H and O–H groups in total. The number of hydrogen-bond acceptors (Lipinski definition) is 3. The number of thiophene rings is 1. The van der Waals surface area contributed by atoms with Gasteiger partial charge in [-0.15, -0.1) is 11.3 Å². The number of nitrogens with zero attached hydrogens (tertiary/aromatic N) is 7. The lowest BCUT2D eigenvalue weighted by Gasteiger charge is -2.22. The number of benzene rings is 16. The SMILES string of the molecule is CC1(C)c2ccccc2-c2ccc(-c3ccc4c5ccccc5n(-c5ccc6nc(-n7c8cc(-c9ccc%10c(c9)c9ccccc9n%10-c9ccccc9)ccc8c8ccc(-c9ccc%10c(c9)c9ccccc9n%10-c9ccccc9)cc87)nc(-n7c8ccccc8c8c9sc%10ccccc%10c9ccc87)c6c5)c4c3)cc21. The van der Waals surface area contributed by atoms with Crippen molar-refractivity contribution in [2.45, 2.75) is 19.3 Å². The third-order valence-electron chi connectivity index (χ3n) is 23.9. The lowest BCUT2D eigenvalue weighted by Crippen LogP contribution is -2.14. The van der Waals surface area contributed by atoms with Crippen LogP contribution in [0.2, 0.25) is 0 Å². The molecular weight excluding hydrogens is 1340 g/mol. The highest BCUT2D eigenvalue weighted by atomic mass is 32.1. The molecule has 24 rings (SSSR count). The van der Waals surface area contributed by atoms with Crippen LogP contribution < -0.4 is 0 Å². The molecule has 23 aromatic rings. The van der Waals surface area contributed by atoms with Crippen molar-refractivity contribution < 1.29 is 0 Å². The predicted molar refractivity (Wildman–Crippen MR) is 458 cm³/mol. The van der Waals surface area contributed by atoms with Crippen molar-refractivity contribution in [2.24, 2.45) is 0 Å². The summed E-state index contributed by atoms with van der Waals surface area (Å²) in [5.74, 6) is 1.36. The summed E-state index contributed by atoms with van der Waals surface area (Å²) in [6.07, 6.45) is 0. The molecule has 0 unspecified atom stereocenters. The second kappa shape index (κ2) is 22.6. The Labute approximate surface area is 629 Å². The van der Waals surface area contributed by atoms with Gasteiger partial charge >= 0.3 is 0 Å². The topological polar surface area (TPSA) is 50.4 Å². The second-order valence-corrected chi connectivity index (χ2v) is 31.0. The van der Waals surface area contributed by atoms with Crippen LogP contribution in [0.5, 0.6) is 0 Å². The number of fused-ring (bicyclic) bond motifs is 23. The zero-order valence-electron chi connectivity index (χ0n) is 59.4. The van der Waals surface area contributed by atoms with E-state index in [9.17, 15) is 0 Å². The minimum absolute atomic E-state index is 0.134. The van der Waals surface area contributed by atoms with Crippen LogP contribution in [0.3, 0.4) is 0 Å². The van der Waals surface area contributed by atoms with Gasteiger partial charge in [-0.05, 0) is 183 Å². The molecule has 8 heteroatoms. The lowest BCUT2D eigenvalue weighted by molar-refractivity contribution is 0.660. The fraction of sp³-hybridized carbons (Fsp3) is 0.0297. The number of hydrogen-bond donors (Lipinski definition) is 0. The van der Waals surface area contributed by atoms with Crippen LogP contribution in [-0.4, -0.2) is 32.8 Å². The molecule has 508 valence electrons. The maximum Gasteiger partial charge on any atom is 0.237 e. The third-order valence-corrected chi connectivity index (χ3v) is 25.1. The van der Waals surface area contributed by atoms with Gasteiger partial charge in [0.1, 0.15) is 0 Å². The minimum Gasteiger partial charge on any atom is -0.309 e. The second-order valence-electron chi connectivity index (χ2n) is 30.0. The van der Waals surface area contributed by atoms with E-state index in [1.54, 1.807) is 0 Å². The van der Waals surface area contributed by atoms with Gasteiger partial charge in [0.25, 0.3) is 0 Å². The summed E-state index contributed by atoms with van der Waals surface area (Å²) in [5, 5.41) is 15.3. The molecule has 0 amide bonds. The number of aromatic nitrogens is 7. The Morgan fingerprint density at radius 2 is 0.670 bits per heavy atom. The molecule has 7 nitrogen and oxygen atoms in total. The molecule has 0 saturated heterocycles. The van der Waals surface area contributed by atoms with E-state index in [0.717, 1.165) is 111 Å². The summed E-state index contributed by atoms with van der Waals surface area (Å²) in [6.45, 7) is 4.73. The van der Waals surface area contributed by atoms with E-state index in [1.165, 1.54) is 108 Å². The molecule has 16 aromatic carbocycles. The van der Waals surface area contributed by atoms with E-state index < -0.39 is 0 Å². The fourth-order valence-electron chi connectivity index (χ4n) is 18.9. The molecular formula is C101H63N7S. The molecule has 109 heavy (non-hydrogen) atoms. The Kier molecular flexibility index (Phi) is 12.5. The van der Waals surface area contributed by atoms with Gasteiger partial charge in [0.05, 0.1) is 60.7 Å². The van der Waals surface area contributed by atoms with Crippen LogP contribution in [0.15, 0.2) is 346 Å². The average molecular weight is 1410 g/mol. The van der Waals surface area contributed by atoms with Crippen LogP contribution in [0.1, 0.15) is 25.0 Å². The van der Waals surface area contributed by atoms with Crippen molar-refractivity contribution >= 4 is 151 Å². The van der Waals surface area contributed by atoms with Crippen molar-refractivity contribution in [2.75, 3.05) is 0 Å². The number of para-hydroxylation sites is 6. The molecule has 0 saturated carbocycles. The van der Waals surface area contributed by atoms with Crippen LogP contribution in [0, 0.1) is 0 Å². The van der Waals surface area contributed by atoms with Gasteiger partial charge in [0.2, 0.25) is 5.95 Å². The first kappa shape index (κ1) is 60.4. The first-order chi connectivity index (χ1) is 53.8. The van der Waals surface area contributed by atoms with E-state index in [-0.39, 0.29) is 5.41 Å². The number of rotatable bonds is 8. The van der Waals surface area contributed by atoms with Gasteiger partial charge in [-0.3, -0.25) is 9.13 Å². The van der Waals surface area contributed by atoms with E-state index >= 15 is 0 Å². The Morgan fingerprint density at radius 1 is 0.248 bits per heavy atom. The molecule has 1 aliphatic rings. The molecule has 0 spiro atoms. The maximum absolute atomic E-state index is 6.19. The first-order valence-electron chi connectivity index (χ1n) is 37.5. The Morgan fingerprint density at radius 3 is 1.28 bits per heavy atom. The molecule has 0 fully saturated rings. The van der Waals surface area contributed by atoms with Gasteiger partial charge in [-0.1, -0.05) is 232 Å². The van der Waals surface area contributed by atoms with Crippen LogP contribution >= 0.6 is 11.3 Å². The molecule has 0 bridgehead atoms. The highest BCUT2D eigenvalue weighted by Gasteiger charge is 2.36. The molecule has 0 atom stereocenters. The normalized spacial score (nSPS) is 12.9. The van der Waals surface area contributed by atoms with Gasteiger partial charge in [-0.25, -0.2) is 4.98 Å². The molecule has 0 aliphatic heterocycles. The van der Waals surface area contributed by atoms with Crippen molar-refractivity contribution in [1.29, 1.82) is 0 Å². The largest absolute Gasteiger partial charge is 0.309 e. The Bertz CT molecular complexity index is 7670. The summed E-state index contributed by atoms with van der Waals surface area (Å²) in [5.41, 5.74) is 27.2. The van der Waals surface area contributed by atoms with E-state index in [1.807, 2.05) is 11.3 Å². The van der Waals surface area contributed by atoms with Crippen molar-refractivity contribution in [3.05, 3.63) is 357 Å². The Hall–Kier alpha value is -13.9. The summed E-state index contributed by atoms with van der Waals surface area (Å²) in [6, 6.07) is 128. The third kappa shape index (κ3) is 8.63.